The van der Waals surface area contributed by atoms with Crippen molar-refractivity contribution in [3.05, 3.63) is 59.9 Å². The largest absolute Gasteiger partial charge is 0.438 e. The summed E-state index contributed by atoms with van der Waals surface area (Å²) < 4.78 is 5.91. The minimum Gasteiger partial charge on any atom is -0.438 e. The SMILES string of the molecule is Cc1cc(CN)cc(Oc2cccc3ncccc23)n1. The summed E-state index contributed by atoms with van der Waals surface area (Å²) in [5.74, 6) is 1.30. The number of ether oxygens (including phenoxy) is 1. The lowest BCUT2D eigenvalue weighted by molar-refractivity contribution is 0.466. The number of benzene rings is 1. The number of aryl methyl sites for hydroxylation is 1. The van der Waals surface area contributed by atoms with E-state index < -0.39 is 0 Å². The molecule has 0 amide bonds. The average molecular weight is 265 g/mol. The van der Waals surface area contributed by atoms with Crippen LogP contribution in [0.5, 0.6) is 11.6 Å². The predicted octanol–water partition coefficient (Wildman–Crippen LogP) is 3.19. The van der Waals surface area contributed by atoms with E-state index in [0.717, 1.165) is 27.9 Å². The van der Waals surface area contributed by atoms with Crippen molar-refractivity contribution >= 4 is 10.9 Å². The summed E-state index contributed by atoms with van der Waals surface area (Å²) in [5.41, 5.74) is 8.47. The number of hydrogen-bond acceptors (Lipinski definition) is 4. The highest BCUT2D eigenvalue weighted by molar-refractivity contribution is 5.85. The lowest BCUT2D eigenvalue weighted by Gasteiger charge is -2.09. The smallest absolute Gasteiger partial charge is 0.219 e. The first-order valence-corrected chi connectivity index (χ1v) is 6.45. The van der Waals surface area contributed by atoms with Gasteiger partial charge in [0.1, 0.15) is 5.75 Å². The number of hydrogen-bond donors (Lipinski definition) is 1. The maximum Gasteiger partial charge on any atom is 0.219 e. The zero-order chi connectivity index (χ0) is 13.9. The molecular formula is C16H15N3O. The van der Waals surface area contributed by atoms with Crippen LogP contribution in [0.2, 0.25) is 0 Å². The quantitative estimate of drug-likeness (QED) is 0.790. The van der Waals surface area contributed by atoms with Crippen molar-refractivity contribution in [1.29, 1.82) is 0 Å². The van der Waals surface area contributed by atoms with Gasteiger partial charge in [-0.05, 0) is 42.8 Å². The fraction of sp³-hybridized carbons (Fsp3) is 0.125. The van der Waals surface area contributed by atoms with Gasteiger partial charge in [0.05, 0.1) is 5.52 Å². The lowest BCUT2D eigenvalue weighted by Crippen LogP contribution is -1.99. The van der Waals surface area contributed by atoms with Crippen molar-refractivity contribution < 1.29 is 4.74 Å². The molecular weight excluding hydrogens is 250 g/mol. The van der Waals surface area contributed by atoms with Gasteiger partial charge in [0.25, 0.3) is 0 Å². The maximum atomic E-state index is 5.91. The highest BCUT2D eigenvalue weighted by Crippen LogP contribution is 2.28. The topological polar surface area (TPSA) is 61.0 Å². The van der Waals surface area contributed by atoms with E-state index in [-0.39, 0.29) is 0 Å². The zero-order valence-electron chi connectivity index (χ0n) is 11.2. The van der Waals surface area contributed by atoms with Crippen LogP contribution in [0.25, 0.3) is 10.9 Å². The van der Waals surface area contributed by atoms with E-state index >= 15 is 0 Å². The van der Waals surface area contributed by atoms with E-state index in [4.69, 9.17) is 10.5 Å². The number of pyridine rings is 2. The number of rotatable bonds is 3. The molecule has 2 N–H and O–H groups in total. The molecule has 0 aliphatic heterocycles. The third-order valence-electron chi connectivity index (χ3n) is 3.05. The first kappa shape index (κ1) is 12.6. The second kappa shape index (κ2) is 5.27. The van der Waals surface area contributed by atoms with Crippen LogP contribution >= 0.6 is 0 Å². The van der Waals surface area contributed by atoms with Gasteiger partial charge >= 0.3 is 0 Å². The minimum atomic E-state index is 0.469. The summed E-state index contributed by atoms with van der Waals surface area (Å²) in [5, 5.41) is 0.965. The molecule has 4 nitrogen and oxygen atoms in total. The van der Waals surface area contributed by atoms with Gasteiger partial charge < -0.3 is 10.5 Å². The lowest BCUT2D eigenvalue weighted by atomic mass is 10.2. The van der Waals surface area contributed by atoms with Crippen LogP contribution in [-0.4, -0.2) is 9.97 Å². The third-order valence-corrected chi connectivity index (χ3v) is 3.05. The highest BCUT2D eigenvalue weighted by Gasteiger charge is 2.06. The molecule has 0 atom stereocenters. The predicted molar refractivity (Wildman–Crippen MR) is 78.7 cm³/mol. The molecule has 0 unspecified atom stereocenters. The molecule has 0 aliphatic rings. The molecule has 1 aromatic carbocycles. The van der Waals surface area contributed by atoms with E-state index in [1.165, 1.54) is 0 Å². The van der Waals surface area contributed by atoms with Crippen LogP contribution in [0.1, 0.15) is 11.3 Å². The Bertz CT molecular complexity index is 750. The number of fused-ring (bicyclic) bond motifs is 1. The van der Waals surface area contributed by atoms with E-state index in [2.05, 4.69) is 9.97 Å². The van der Waals surface area contributed by atoms with Gasteiger partial charge in [0.2, 0.25) is 5.88 Å². The van der Waals surface area contributed by atoms with E-state index in [1.807, 2.05) is 49.4 Å². The molecule has 2 aromatic heterocycles. The first-order chi connectivity index (χ1) is 9.76. The molecule has 4 heteroatoms. The Labute approximate surface area is 117 Å². The van der Waals surface area contributed by atoms with Gasteiger partial charge in [-0.2, -0.15) is 0 Å². The second-order valence-corrected chi connectivity index (χ2v) is 4.59. The van der Waals surface area contributed by atoms with Crippen LogP contribution in [0.4, 0.5) is 0 Å². The van der Waals surface area contributed by atoms with Gasteiger partial charge in [0, 0.05) is 29.9 Å². The molecule has 100 valence electrons. The molecule has 0 radical (unpaired) electrons. The molecule has 20 heavy (non-hydrogen) atoms. The van der Waals surface area contributed by atoms with Gasteiger partial charge in [-0.15, -0.1) is 0 Å². The molecule has 0 saturated heterocycles. The summed E-state index contributed by atoms with van der Waals surface area (Å²) >= 11 is 0. The molecule has 3 aromatic rings. The third kappa shape index (κ3) is 2.46. The monoisotopic (exact) mass is 265 g/mol. The maximum absolute atomic E-state index is 5.91. The standard InChI is InChI=1S/C16H15N3O/c1-11-8-12(10-17)9-16(19-11)20-15-6-2-5-14-13(15)4-3-7-18-14/h2-9H,10,17H2,1H3. The van der Waals surface area contributed by atoms with Crippen molar-refractivity contribution in [2.45, 2.75) is 13.5 Å². The van der Waals surface area contributed by atoms with Crippen LogP contribution in [0.3, 0.4) is 0 Å². The van der Waals surface area contributed by atoms with Gasteiger partial charge in [-0.1, -0.05) is 6.07 Å². The van der Waals surface area contributed by atoms with E-state index in [9.17, 15) is 0 Å². The van der Waals surface area contributed by atoms with Crippen molar-refractivity contribution in [3.8, 4) is 11.6 Å². The molecule has 0 bridgehead atoms. The fourth-order valence-corrected chi connectivity index (χ4v) is 2.15. The average Bonchev–Trinajstić information content (AvgIpc) is 2.47. The Morgan fingerprint density at radius 3 is 2.90 bits per heavy atom. The normalized spacial score (nSPS) is 10.7. The van der Waals surface area contributed by atoms with Crippen molar-refractivity contribution in [2.75, 3.05) is 0 Å². The van der Waals surface area contributed by atoms with Crippen molar-refractivity contribution in [3.63, 3.8) is 0 Å². The summed E-state index contributed by atoms with van der Waals surface area (Å²) in [6.07, 6.45) is 1.77. The van der Waals surface area contributed by atoms with Crippen LogP contribution in [0.15, 0.2) is 48.7 Å². The molecule has 0 spiro atoms. The Kier molecular flexibility index (Phi) is 3.31. The summed E-state index contributed by atoms with van der Waals surface area (Å²) in [4.78, 5) is 8.70. The number of nitrogens with zero attached hydrogens (tertiary/aromatic N) is 2. The van der Waals surface area contributed by atoms with E-state index in [0.29, 0.717) is 12.4 Å². The number of aromatic nitrogens is 2. The minimum absolute atomic E-state index is 0.469. The first-order valence-electron chi connectivity index (χ1n) is 6.45. The summed E-state index contributed by atoms with van der Waals surface area (Å²) in [6, 6.07) is 13.5. The van der Waals surface area contributed by atoms with Crippen LogP contribution in [0, 0.1) is 6.92 Å². The fourth-order valence-electron chi connectivity index (χ4n) is 2.15. The zero-order valence-corrected chi connectivity index (χ0v) is 11.2. The summed E-state index contributed by atoms with van der Waals surface area (Å²) in [6.45, 7) is 2.40. The Morgan fingerprint density at radius 2 is 2.05 bits per heavy atom. The number of nitrogens with two attached hydrogens (primary N) is 1. The second-order valence-electron chi connectivity index (χ2n) is 4.59. The van der Waals surface area contributed by atoms with E-state index in [1.54, 1.807) is 6.20 Å². The molecule has 3 rings (SSSR count). The Morgan fingerprint density at radius 1 is 1.15 bits per heavy atom. The van der Waals surface area contributed by atoms with Gasteiger partial charge in [-0.25, -0.2) is 4.98 Å². The molecule has 2 heterocycles. The molecule has 0 saturated carbocycles. The Hall–Kier alpha value is -2.46. The van der Waals surface area contributed by atoms with Gasteiger partial charge in [-0.3, -0.25) is 4.98 Å². The van der Waals surface area contributed by atoms with Crippen molar-refractivity contribution in [1.82, 2.24) is 9.97 Å². The highest BCUT2D eigenvalue weighted by atomic mass is 16.5. The molecule has 0 aliphatic carbocycles. The van der Waals surface area contributed by atoms with Crippen LogP contribution in [-0.2, 0) is 6.54 Å². The van der Waals surface area contributed by atoms with Crippen LogP contribution < -0.4 is 10.5 Å². The molecule has 0 fully saturated rings. The van der Waals surface area contributed by atoms with Gasteiger partial charge in [0.15, 0.2) is 0 Å². The van der Waals surface area contributed by atoms with Crippen molar-refractivity contribution in [2.24, 2.45) is 5.73 Å². The Balaban J connectivity index is 2.03. The summed E-state index contributed by atoms with van der Waals surface area (Å²) in [7, 11) is 0.